The average Bonchev–Trinajstić information content (AvgIpc) is 2.28. The Bertz CT molecular complexity index is 272. The van der Waals surface area contributed by atoms with Crippen molar-refractivity contribution < 1.29 is 14.3 Å². The van der Waals surface area contributed by atoms with Crippen molar-refractivity contribution in [3.8, 4) is 0 Å². The molecule has 0 N–H and O–H groups in total. The Hall–Kier alpha value is -1.32. The number of rotatable bonds is 0. The molecule has 1 saturated heterocycles. The third-order valence-electron chi connectivity index (χ3n) is 1.76. The summed E-state index contributed by atoms with van der Waals surface area (Å²) < 4.78 is 5.11. The van der Waals surface area contributed by atoms with Gasteiger partial charge in [-0.05, 0) is 20.8 Å². The van der Waals surface area contributed by atoms with E-state index in [1.165, 1.54) is 4.90 Å². The van der Waals surface area contributed by atoms with Gasteiger partial charge in [0, 0.05) is 5.57 Å². The molecule has 1 aliphatic rings. The number of nitrogens with zero attached hydrogens (tertiary/aromatic N) is 1. The molecule has 0 radical (unpaired) electrons. The Kier molecular flexibility index (Phi) is 2.64. The first-order valence-corrected chi connectivity index (χ1v) is 4.48. The third-order valence-corrected chi connectivity index (χ3v) is 1.76. The van der Waals surface area contributed by atoms with Gasteiger partial charge >= 0.3 is 6.09 Å². The zero-order valence-corrected chi connectivity index (χ0v) is 8.79. The molecule has 1 aliphatic heterocycles. The van der Waals surface area contributed by atoms with Gasteiger partial charge in [0.15, 0.2) is 5.78 Å². The van der Waals surface area contributed by atoms with Crippen LogP contribution in [0.25, 0.3) is 0 Å². The maximum absolute atomic E-state index is 11.5. The summed E-state index contributed by atoms with van der Waals surface area (Å²) in [6.45, 7) is 9.31. The van der Waals surface area contributed by atoms with E-state index in [0.717, 1.165) is 0 Å². The van der Waals surface area contributed by atoms with Crippen LogP contribution in [0, 0.1) is 0 Å². The number of ether oxygens (including phenoxy) is 1. The van der Waals surface area contributed by atoms with Crippen LogP contribution in [-0.2, 0) is 9.53 Å². The Balaban J connectivity index is 2.56. The standard InChI is InChI=1S/C10H15NO3/c1-7-5-11(6-8(7)12)9(13)14-10(2,3)4/h1,5-6H2,2-4H3. The maximum atomic E-state index is 11.5. The van der Waals surface area contributed by atoms with Crippen molar-refractivity contribution in [1.82, 2.24) is 4.90 Å². The van der Waals surface area contributed by atoms with Crippen LogP contribution >= 0.6 is 0 Å². The second kappa shape index (κ2) is 3.44. The number of Topliss-reactive ketones (excluding diaryl/α,β-unsaturated/α-hetero) is 1. The number of hydrogen-bond donors (Lipinski definition) is 0. The van der Waals surface area contributed by atoms with E-state index in [1.54, 1.807) is 20.8 Å². The maximum Gasteiger partial charge on any atom is 0.411 e. The van der Waals surface area contributed by atoms with Gasteiger partial charge < -0.3 is 4.74 Å². The highest BCUT2D eigenvalue weighted by atomic mass is 16.6. The Morgan fingerprint density at radius 2 is 2.00 bits per heavy atom. The van der Waals surface area contributed by atoms with Crippen LogP contribution in [0.4, 0.5) is 4.79 Å². The highest BCUT2D eigenvalue weighted by molar-refractivity contribution is 6.01. The Morgan fingerprint density at radius 3 is 2.36 bits per heavy atom. The zero-order chi connectivity index (χ0) is 10.9. The molecule has 0 atom stereocenters. The lowest BCUT2D eigenvalue weighted by Gasteiger charge is -2.23. The summed E-state index contributed by atoms with van der Waals surface area (Å²) in [7, 11) is 0. The lowest BCUT2D eigenvalue weighted by Crippen LogP contribution is -2.35. The average molecular weight is 197 g/mol. The van der Waals surface area contributed by atoms with Gasteiger partial charge in [-0.2, -0.15) is 0 Å². The molecule has 4 nitrogen and oxygen atoms in total. The van der Waals surface area contributed by atoms with Crippen molar-refractivity contribution in [3.05, 3.63) is 12.2 Å². The molecule has 0 aromatic rings. The molecule has 1 fully saturated rings. The summed E-state index contributed by atoms with van der Waals surface area (Å²) in [5, 5.41) is 0. The summed E-state index contributed by atoms with van der Waals surface area (Å²) in [6.07, 6.45) is -0.454. The van der Waals surface area contributed by atoms with Crippen molar-refractivity contribution >= 4 is 11.9 Å². The van der Waals surface area contributed by atoms with Gasteiger partial charge in [-0.25, -0.2) is 4.79 Å². The molecule has 4 heteroatoms. The largest absolute Gasteiger partial charge is 0.444 e. The van der Waals surface area contributed by atoms with Crippen LogP contribution in [0.1, 0.15) is 20.8 Å². The fraction of sp³-hybridized carbons (Fsp3) is 0.600. The minimum Gasteiger partial charge on any atom is -0.444 e. The van der Waals surface area contributed by atoms with Crippen molar-refractivity contribution in [3.63, 3.8) is 0 Å². The predicted molar refractivity (Wildman–Crippen MR) is 52.0 cm³/mol. The van der Waals surface area contributed by atoms with E-state index >= 15 is 0 Å². The number of carbonyl (C=O) groups is 2. The first kappa shape index (κ1) is 10.8. The van der Waals surface area contributed by atoms with E-state index in [4.69, 9.17) is 4.74 Å². The first-order valence-electron chi connectivity index (χ1n) is 4.48. The molecule has 1 amide bonds. The minimum absolute atomic E-state index is 0.0872. The van der Waals surface area contributed by atoms with E-state index in [-0.39, 0.29) is 18.9 Å². The highest BCUT2D eigenvalue weighted by Gasteiger charge is 2.30. The van der Waals surface area contributed by atoms with Crippen LogP contribution in [0.3, 0.4) is 0 Å². The number of amides is 1. The summed E-state index contributed by atoms with van der Waals surface area (Å²) >= 11 is 0. The van der Waals surface area contributed by atoms with E-state index in [0.29, 0.717) is 5.57 Å². The van der Waals surface area contributed by atoms with Crippen molar-refractivity contribution in [2.45, 2.75) is 26.4 Å². The van der Waals surface area contributed by atoms with E-state index in [1.807, 2.05) is 0 Å². The molecular weight excluding hydrogens is 182 g/mol. The van der Waals surface area contributed by atoms with Crippen LogP contribution in [0.15, 0.2) is 12.2 Å². The van der Waals surface area contributed by atoms with Crippen molar-refractivity contribution in [1.29, 1.82) is 0 Å². The Morgan fingerprint density at radius 1 is 1.43 bits per heavy atom. The molecule has 1 rings (SSSR count). The van der Waals surface area contributed by atoms with E-state index in [9.17, 15) is 9.59 Å². The predicted octanol–water partition coefficient (Wildman–Crippen LogP) is 1.36. The second-order valence-corrected chi connectivity index (χ2v) is 4.36. The molecule has 0 unspecified atom stereocenters. The van der Waals surface area contributed by atoms with Gasteiger partial charge in [-0.1, -0.05) is 6.58 Å². The first-order chi connectivity index (χ1) is 6.29. The highest BCUT2D eigenvalue weighted by Crippen LogP contribution is 2.15. The SMILES string of the molecule is C=C1CN(C(=O)OC(C)(C)C)CC1=O. The van der Waals surface area contributed by atoms with Gasteiger partial charge in [0.25, 0.3) is 0 Å². The summed E-state index contributed by atoms with van der Waals surface area (Å²) in [5.41, 5.74) is -0.0554. The number of ketones is 1. The van der Waals surface area contributed by atoms with Crippen LogP contribution in [0.5, 0.6) is 0 Å². The summed E-state index contributed by atoms with van der Waals surface area (Å²) in [4.78, 5) is 23.9. The molecule has 0 aromatic carbocycles. The summed E-state index contributed by atoms with van der Waals surface area (Å²) in [6, 6.07) is 0. The molecule has 0 saturated carbocycles. The van der Waals surface area contributed by atoms with Crippen LogP contribution < -0.4 is 0 Å². The lowest BCUT2D eigenvalue weighted by atomic mass is 10.2. The fourth-order valence-corrected chi connectivity index (χ4v) is 1.12. The monoisotopic (exact) mass is 197 g/mol. The van der Waals surface area contributed by atoms with Gasteiger partial charge in [-0.15, -0.1) is 0 Å². The van der Waals surface area contributed by atoms with Crippen molar-refractivity contribution in [2.75, 3.05) is 13.1 Å². The molecule has 78 valence electrons. The van der Waals surface area contributed by atoms with Gasteiger partial charge in [0.2, 0.25) is 0 Å². The van der Waals surface area contributed by atoms with E-state index in [2.05, 4.69) is 6.58 Å². The second-order valence-electron chi connectivity index (χ2n) is 4.36. The smallest absolute Gasteiger partial charge is 0.411 e. The minimum atomic E-state index is -0.524. The topological polar surface area (TPSA) is 46.6 Å². The van der Waals surface area contributed by atoms with Gasteiger partial charge in [-0.3, -0.25) is 9.69 Å². The third kappa shape index (κ3) is 2.58. The van der Waals surface area contributed by atoms with Gasteiger partial charge in [0.05, 0.1) is 13.1 Å². The molecule has 0 aliphatic carbocycles. The molecule has 0 spiro atoms. The lowest BCUT2D eigenvalue weighted by molar-refractivity contribution is -0.114. The number of hydrogen-bond acceptors (Lipinski definition) is 3. The number of likely N-dealkylation sites (tertiary alicyclic amines) is 1. The summed E-state index contributed by atoms with van der Waals surface area (Å²) in [5.74, 6) is -0.0872. The normalized spacial score (nSPS) is 17.5. The molecule has 0 bridgehead atoms. The fourth-order valence-electron chi connectivity index (χ4n) is 1.12. The molecule has 0 aromatic heterocycles. The van der Waals surface area contributed by atoms with E-state index < -0.39 is 11.7 Å². The zero-order valence-electron chi connectivity index (χ0n) is 8.79. The Labute approximate surface area is 83.5 Å². The molecular formula is C10H15NO3. The van der Waals surface area contributed by atoms with Crippen LogP contribution in [-0.4, -0.2) is 35.5 Å². The van der Waals surface area contributed by atoms with Crippen LogP contribution in [0.2, 0.25) is 0 Å². The molecule has 1 heterocycles. The van der Waals surface area contributed by atoms with Crippen molar-refractivity contribution in [2.24, 2.45) is 0 Å². The van der Waals surface area contributed by atoms with Gasteiger partial charge in [0.1, 0.15) is 5.60 Å². The molecule has 14 heavy (non-hydrogen) atoms. The quantitative estimate of drug-likeness (QED) is 0.551. The number of carbonyl (C=O) groups excluding carboxylic acids is 2.